The lowest BCUT2D eigenvalue weighted by molar-refractivity contribution is -0.167. The average molecular weight is 835 g/mol. The zero-order valence-electron chi connectivity index (χ0n) is 40.1. The topological polar surface area (TPSA) is 78.9 Å². The lowest BCUT2D eigenvalue weighted by atomic mass is 10.0. The second-order valence-electron chi connectivity index (χ2n) is 18.2. The van der Waals surface area contributed by atoms with Crippen molar-refractivity contribution >= 4 is 17.9 Å². The van der Waals surface area contributed by atoms with Crippen LogP contribution < -0.4 is 0 Å². The van der Waals surface area contributed by atoms with Gasteiger partial charge in [0.25, 0.3) is 0 Å². The number of rotatable bonds is 49. The molecule has 0 rings (SSSR count). The van der Waals surface area contributed by atoms with Crippen LogP contribution in [0.4, 0.5) is 0 Å². The SMILES string of the molecule is CCCCCCCCCCCCCCCCCCCC(=O)O[C@H](COC(=O)CCCCCCCCCCCC)COC(=O)CCCCCCCCCCCCCCCC. The van der Waals surface area contributed by atoms with E-state index in [1.165, 1.54) is 205 Å². The van der Waals surface area contributed by atoms with Crippen LogP contribution >= 0.6 is 0 Å². The zero-order valence-corrected chi connectivity index (χ0v) is 40.1. The number of hydrogen-bond acceptors (Lipinski definition) is 6. The highest BCUT2D eigenvalue weighted by Gasteiger charge is 2.19. The van der Waals surface area contributed by atoms with Gasteiger partial charge in [-0.25, -0.2) is 0 Å². The minimum Gasteiger partial charge on any atom is -0.462 e. The van der Waals surface area contributed by atoms with Crippen molar-refractivity contribution in [2.75, 3.05) is 13.2 Å². The van der Waals surface area contributed by atoms with Crippen LogP contribution in [0.1, 0.15) is 303 Å². The molecule has 0 aliphatic heterocycles. The Morgan fingerprint density at radius 1 is 0.271 bits per heavy atom. The molecule has 0 fully saturated rings. The fraction of sp³-hybridized carbons (Fsp3) is 0.943. The van der Waals surface area contributed by atoms with E-state index in [9.17, 15) is 14.4 Å². The van der Waals surface area contributed by atoms with Crippen molar-refractivity contribution in [3.05, 3.63) is 0 Å². The number of carbonyl (C=O) groups excluding carboxylic acids is 3. The third-order valence-electron chi connectivity index (χ3n) is 12.1. The number of hydrogen-bond donors (Lipinski definition) is 0. The van der Waals surface area contributed by atoms with Gasteiger partial charge in [-0.1, -0.05) is 265 Å². The smallest absolute Gasteiger partial charge is 0.306 e. The number of carbonyl (C=O) groups is 3. The first-order chi connectivity index (χ1) is 29.0. The van der Waals surface area contributed by atoms with Gasteiger partial charge in [-0.2, -0.15) is 0 Å². The van der Waals surface area contributed by atoms with E-state index in [4.69, 9.17) is 14.2 Å². The largest absolute Gasteiger partial charge is 0.462 e. The lowest BCUT2D eigenvalue weighted by Crippen LogP contribution is -2.30. The average Bonchev–Trinajstić information content (AvgIpc) is 3.23. The van der Waals surface area contributed by atoms with Gasteiger partial charge in [0, 0.05) is 19.3 Å². The van der Waals surface area contributed by atoms with Crippen LogP contribution in [0.15, 0.2) is 0 Å². The second kappa shape index (κ2) is 49.1. The Hall–Kier alpha value is -1.59. The Morgan fingerprint density at radius 3 is 0.678 bits per heavy atom. The van der Waals surface area contributed by atoms with E-state index in [2.05, 4.69) is 20.8 Å². The summed E-state index contributed by atoms with van der Waals surface area (Å²) >= 11 is 0. The first kappa shape index (κ1) is 57.4. The van der Waals surface area contributed by atoms with E-state index in [1.807, 2.05) is 0 Å². The summed E-state index contributed by atoms with van der Waals surface area (Å²) in [4.78, 5) is 37.9. The molecule has 6 heteroatoms. The van der Waals surface area contributed by atoms with Gasteiger partial charge in [0.05, 0.1) is 0 Å². The summed E-state index contributed by atoms with van der Waals surface area (Å²) in [5.41, 5.74) is 0. The van der Waals surface area contributed by atoms with E-state index in [1.54, 1.807) is 0 Å². The summed E-state index contributed by atoms with van der Waals surface area (Å²) in [5.74, 6) is -0.841. The molecule has 59 heavy (non-hydrogen) atoms. The Morgan fingerprint density at radius 2 is 0.458 bits per heavy atom. The summed E-state index contributed by atoms with van der Waals surface area (Å²) < 4.78 is 16.8. The quantitative estimate of drug-likeness (QED) is 0.0345. The van der Waals surface area contributed by atoms with E-state index in [0.29, 0.717) is 19.3 Å². The fourth-order valence-electron chi connectivity index (χ4n) is 8.09. The Labute approximate surface area is 368 Å². The summed E-state index contributed by atoms with van der Waals surface area (Å²) in [6.45, 7) is 6.68. The Balaban J connectivity index is 4.27. The molecule has 0 bridgehead atoms. The highest BCUT2D eigenvalue weighted by molar-refractivity contribution is 5.71. The van der Waals surface area contributed by atoms with Crippen molar-refractivity contribution < 1.29 is 28.6 Å². The van der Waals surface area contributed by atoms with E-state index in [0.717, 1.165) is 57.8 Å². The Bertz CT molecular complexity index is 874. The van der Waals surface area contributed by atoms with Crippen LogP contribution in [0, 0.1) is 0 Å². The molecule has 0 aromatic heterocycles. The van der Waals surface area contributed by atoms with Crippen LogP contribution in [-0.2, 0) is 28.6 Å². The molecule has 0 N–H and O–H groups in total. The zero-order chi connectivity index (χ0) is 43.0. The molecular weight excluding hydrogens is 733 g/mol. The summed E-state index contributed by atoms with van der Waals surface area (Å²) in [6, 6.07) is 0. The summed E-state index contributed by atoms with van der Waals surface area (Å²) in [7, 11) is 0. The fourth-order valence-corrected chi connectivity index (χ4v) is 8.09. The van der Waals surface area contributed by atoms with Gasteiger partial charge in [0.2, 0.25) is 0 Å². The van der Waals surface area contributed by atoms with E-state index < -0.39 is 6.10 Å². The van der Waals surface area contributed by atoms with Gasteiger partial charge in [0.15, 0.2) is 6.10 Å². The minimum atomic E-state index is -0.759. The normalized spacial score (nSPS) is 11.8. The van der Waals surface area contributed by atoms with Gasteiger partial charge in [0.1, 0.15) is 13.2 Å². The highest BCUT2D eigenvalue weighted by Crippen LogP contribution is 2.17. The molecule has 350 valence electrons. The molecule has 0 spiro atoms. The molecule has 0 amide bonds. The summed E-state index contributed by atoms with van der Waals surface area (Å²) in [5, 5.41) is 0. The maximum Gasteiger partial charge on any atom is 0.306 e. The molecule has 0 aliphatic carbocycles. The van der Waals surface area contributed by atoms with Crippen molar-refractivity contribution in [3.8, 4) is 0 Å². The maximum absolute atomic E-state index is 12.8. The third kappa shape index (κ3) is 47.3. The van der Waals surface area contributed by atoms with Gasteiger partial charge < -0.3 is 14.2 Å². The molecule has 0 aromatic rings. The van der Waals surface area contributed by atoms with Crippen molar-refractivity contribution in [1.29, 1.82) is 0 Å². The Kier molecular flexibility index (Phi) is 47.7. The monoisotopic (exact) mass is 835 g/mol. The van der Waals surface area contributed by atoms with Crippen LogP contribution in [-0.4, -0.2) is 37.2 Å². The molecule has 6 nitrogen and oxygen atoms in total. The molecule has 0 unspecified atom stereocenters. The van der Waals surface area contributed by atoms with Gasteiger partial charge in [-0.05, 0) is 19.3 Å². The second-order valence-corrected chi connectivity index (χ2v) is 18.2. The number of ether oxygens (including phenoxy) is 3. The molecule has 0 aromatic carbocycles. The maximum atomic E-state index is 12.8. The van der Waals surface area contributed by atoms with Gasteiger partial charge in [-0.15, -0.1) is 0 Å². The van der Waals surface area contributed by atoms with Crippen molar-refractivity contribution in [2.24, 2.45) is 0 Å². The molecule has 0 saturated heterocycles. The van der Waals surface area contributed by atoms with E-state index in [-0.39, 0.29) is 31.1 Å². The van der Waals surface area contributed by atoms with Crippen molar-refractivity contribution in [2.45, 2.75) is 309 Å². The lowest BCUT2D eigenvalue weighted by Gasteiger charge is -2.18. The summed E-state index contributed by atoms with van der Waals surface area (Å²) in [6.07, 6.45) is 52.3. The van der Waals surface area contributed by atoms with Crippen molar-refractivity contribution in [3.63, 3.8) is 0 Å². The third-order valence-corrected chi connectivity index (χ3v) is 12.1. The van der Waals surface area contributed by atoms with Crippen LogP contribution in [0.2, 0.25) is 0 Å². The number of esters is 3. The van der Waals surface area contributed by atoms with Crippen LogP contribution in [0.5, 0.6) is 0 Å². The van der Waals surface area contributed by atoms with Gasteiger partial charge in [-0.3, -0.25) is 14.4 Å². The first-order valence-corrected chi connectivity index (χ1v) is 26.5. The molecule has 0 heterocycles. The number of unbranched alkanes of at least 4 members (excludes halogenated alkanes) is 38. The van der Waals surface area contributed by atoms with Gasteiger partial charge >= 0.3 is 17.9 Å². The van der Waals surface area contributed by atoms with E-state index >= 15 is 0 Å². The predicted molar refractivity (Wildman–Crippen MR) is 252 cm³/mol. The standard InChI is InChI=1S/C53H102O6/c1-4-7-10-13-16-19-22-24-26-27-28-30-32-35-38-41-44-47-53(56)59-50(48-57-51(54)45-42-39-36-33-21-18-15-12-9-6-3)49-58-52(55)46-43-40-37-34-31-29-25-23-20-17-14-11-8-5-2/h50H,4-49H2,1-3H3/t50-/m1/s1. The first-order valence-electron chi connectivity index (χ1n) is 26.5. The van der Waals surface area contributed by atoms with Crippen LogP contribution in [0.3, 0.4) is 0 Å². The molecular formula is C53H102O6. The molecule has 0 radical (unpaired) electrons. The molecule has 0 aliphatic rings. The van der Waals surface area contributed by atoms with Crippen molar-refractivity contribution in [1.82, 2.24) is 0 Å². The van der Waals surface area contributed by atoms with Crippen LogP contribution in [0.25, 0.3) is 0 Å². The molecule has 0 saturated carbocycles. The minimum absolute atomic E-state index is 0.0617. The highest BCUT2D eigenvalue weighted by atomic mass is 16.6. The predicted octanol–water partition coefficient (Wildman–Crippen LogP) is 17.2. The molecule has 1 atom stereocenters.